The number of rotatable bonds is 3. The number of hydrogen-bond donors (Lipinski definition) is 1. The fourth-order valence-electron chi connectivity index (χ4n) is 1.87. The number of thiophene rings is 1. The van der Waals surface area contributed by atoms with E-state index in [2.05, 4.69) is 24.4 Å². The Kier molecular flexibility index (Phi) is 3.87. The van der Waals surface area contributed by atoms with Gasteiger partial charge in [0.15, 0.2) is 0 Å². The predicted molar refractivity (Wildman–Crippen MR) is 75.9 cm³/mol. The molecule has 90 valence electrons. The molecule has 17 heavy (non-hydrogen) atoms. The molecule has 0 spiro atoms. The van der Waals surface area contributed by atoms with Gasteiger partial charge >= 0.3 is 0 Å². The summed E-state index contributed by atoms with van der Waals surface area (Å²) in [5.74, 6) is 0. The molecule has 1 aromatic carbocycles. The van der Waals surface area contributed by atoms with Crippen molar-refractivity contribution in [2.45, 2.75) is 26.3 Å². The lowest BCUT2D eigenvalue weighted by atomic mass is 10.0. The van der Waals surface area contributed by atoms with Crippen LogP contribution in [-0.4, -0.2) is 0 Å². The van der Waals surface area contributed by atoms with Crippen molar-refractivity contribution in [3.63, 3.8) is 0 Å². The van der Waals surface area contributed by atoms with Crippen molar-refractivity contribution in [2.75, 3.05) is 0 Å². The Balaban J connectivity index is 2.36. The van der Waals surface area contributed by atoms with Crippen LogP contribution in [0.5, 0.6) is 0 Å². The predicted octanol–water partition coefficient (Wildman–Crippen LogP) is 4.32. The van der Waals surface area contributed by atoms with Crippen molar-refractivity contribution in [3.05, 3.63) is 56.2 Å². The largest absolute Gasteiger partial charge is 0.320 e. The molecule has 0 amide bonds. The van der Waals surface area contributed by atoms with Gasteiger partial charge < -0.3 is 5.73 Å². The summed E-state index contributed by atoms with van der Waals surface area (Å²) < 4.78 is 0. The molecule has 1 heterocycles. The van der Waals surface area contributed by atoms with Gasteiger partial charge in [-0.1, -0.05) is 30.7 Å². The molecule has 2 aromatic rings. The molecule has 1 nitrogen and oxygen atoms in total. The van der Waals surface area contributed by atoms with Crippen LogP contribution in [0.4, 0.5) is 0 Å². The molecule has 3 heteroatoms. The van der Waals surface area contributed by atoms with E-state index >= 15 is 0 Å². The van der Waals surface area contributed by atoms with Crippen molar-refractivity contribution in [2.24, 2.45) is 5.73 Å². The van der Waals surface area contributed by atoms with Crippen LogP contribution in [-0.2, 0) is 6.42 Å². The van der Waals surface area contributed by atoms with Crippen LogP contribution >= 0.6 is 22.9 Å². The summed E-state index contributed by atoms with van der Waals surface area (Å²) in [4.78, 5) is 1.24. The molecule has 0 aliphatic rings. The lowest BCUT2D eigenvalue weighted by Crippen LogP contribution is -2.12. The second kappa shape index (κ2) is 5.21. The zero-order valence-electron chi connectivity index (χ0n) is 10.0. The van der Waals surface area contributed by atoms with E-state index < -0.39 is 0 Å². The van der Waals surface area contributed by atoms with Crippen molar-refractivity contribution >= 4 is 22.9 Å². The SMILES string of the molecule is CCc1ccsc1C(N)c1ccc(C)c(Cl)c1. The highest BCUT2D eigenvalue weighted by Gasteiger charge is 2.14. The smallest absolute Gasteiger partial charge is 0.0649 e. The van der Waals surface area contributed by atoms with Gasteiger partial charge in [-0.3, -0.25) is 0 Å². The Morgan fingerprint density at radius 2 is 2.12 bits per heavy atom. The fraction of sp³-hybridized carbons (Fsp3) is 0.286. The highest BCUT2D eigenvalue weighted by atomic mass is 35.5. The first-order valence-electron chi connectivity index (χ1n) is 5.71. The van der Waals surface area contributed by atoms with Crippen LogP contribution in [0.25, 0.3) is 0 Å². The van der Waals surface area contributed by atoms with Crippen molar-refractivity contribution in [3.8, 4) is 0 Å². The fourth-order valence-corrected chi connectivity index (χ4v) is 3.08. The van der Waals surface area contributed by atoms with Gasteiger partial charge in [-0.15, -0.1) is 11.3 Å². The van der Waals surface area contributed by atoms with E-state index in [1.165, 1.54) is 10.4 Å². The van der Waals surface area contributed by atoms with E-state index in [0.717, 1.165) is 22.6 Å². The quantitative estimate of drug-likeness (QED) is 0.879. The van der Waals surface area contributed by atoms with Gasteiger partial charge in [0.05, 0.1) is 6.04 Å². The monoisotopic (exact) mass is 265 g/mol. The molecule has 0 fully saturated rings. The first-order valence-corrected chi connectivity index (χ1v) is 6.97. The van der Waals surface area contributed by atoms with Crippen LogP contribution in [0.1, 0.15) is 34.5 Å². The first-order chi connectivity index (χ1) is 8.13. The van der Waals surface area contributed by atoms with Crippen LogP contribution in [0, 0.1) is 6.92 Å². The zero-order chi connectivity index (χ0) is 12.4. The summed E-state index contributed by atoms with van der Waals surface area (Å²) in [6.45, 7) is 4.15. The third-order valence-corrected chi connectivity index (χ3v) is 4.45. The normalized spacial score (nSPS) is 12.7. The molecule has 2 N–H and O–H groups in total. The molecular formula is C14H16ClNS. The van der Waals surface area contributed by atoms with Crippen LogP contribution in [0.3, 0.4) is 0 Å². The standard InChI is InChI=1S/C14H16ClNS/c1-3-10-6-7-17-14(10)13(16)11-5-4-9(2)12(15)8-11/h4-8,13H,3,16H2,1-2H3. The van der Waals surface area contributed by atoms with Crippen molar-refractivity contribution in [1.82, 2.24) is 0 Å². The second-order valence-electron chi connectivity index (χ2n) is 4.15. The minimum Gasteiger partial charge on any atom is -0.320 e. The molecule has 0 saturated heterocycles. The molecule has 2 rings (SSSR count). The van der Waals surface area contributed by atoms with Crippen LogP contribution in [0.15, 0.2) is 29.6 Å². The summed E-state index contributed by atoms with van der Waals surface area (Å²) in [5, 5.41) is 2.89. The molecule has 0 radical (unpaired) electrons. The average Bonchev–Trinajstić information content (AvgIpc) is 2.80. The van der Waals surface area contributed by atoms with E-state index in [1.807, 2.05) is 19.1 Å². The second-order valence-corrected chi connectivity index (χ2v) is 5.50. The Labute approximate surface area is 111 Å². The third kappa shape index (κ3) is 2.54. The summed E-state index contributed by atoms with van der Waals surface area (Å²) in [6.07, 6.45) is 1.02. The molecular weight excluding hydrogens is 250 g/mol. The molecule has 0 saturated carbocycles. The van der Waals surface area contributed by atoms with Crippen LogP contribution in [0.2, 0.25) is 5.02 Å². The minimum atomic E-state index is -0.0666. The lowest BCUT2D eigenvalue weighted by Gasteiger charge is -2.13. The van der Waals surface area contributed by atoms with E-state index in [9.17, 15) is 0 Å². The topological polar surface area (TPSA) is 26.0 Å². The summed E-state index contributed by atoms with van der Waals surface area (Å²) in [5.41, 5.74) is 9.81. The van der Waals surface area contributed by atoms with Gasteiger partial charge in [0, 0.05) is 9.90 Å². The third-order valence-electron chi connectivity index (χ3n) is 3.00. The van der Waals surface area contributed by atoms with E-state index in [4.69, 9.17) is 17.3 Å². The molecule has 0 aliphatic carbocycles. The number of hydrogen-bond acceptors (Lipinski definition) is 2. The Hall–Kier alpha value is -0.830. The zero-order valence-corrected chi connectivity index (χ0v) is 11.6. The van der Waals surface area contributed by atoms with Crippen molar-refractivity contribution < 1.29 is 0 Å². The highest BCUT2D eigenvalue weighted by Crippen LogP contribution is 2.30. The number of benzene rings is 1. The van der Waals surface area contributed by atoms with Crippen LogP contribution < -0.4 is 5.73 Å². The Morgan fingerprint density at radius 1 is 1.35 bits per heavy atom. The Bertz CT molecular complexity index is 519. The lowest BCUT2D eigenvalue weighted by molar-refractivity contribution is 0.873. The van der Waals surface area contributed by atoms with E-state index in [0.29, 0.717) is 0 Å². The van der Waals surface area contributed by atoms with E-state index in [1.54, 1.807) is 11.3 Å². The maximum Gasteiger partial charge on any atom is 0.0649 e. The Morgan fingerprint density at radius 3 is 2.76 bits per heavy atom. The number of aryl methyl sites for hydroxylation is 2. The molecule has 1 unspecified atom stereocenters. The summed E-state index contributed by atoms with van der Waals surface area (Å²) in [6, 6.07) is 8.14. The number of halogens is 1. The summed E-state index contributed by atoms with van der Waals surface area (Å²) >= 11 is 7.86. The summed E-state index contributed by atoms with van der Waals surface area (Å²) in [7, 11) is 0. The minimum absolute atomic E-state index is 0.0666. The van der Waals surface area contributed by atoms with Gasteiger partial charge in [0.2, 0.25) is 0 Å². The highest BCUT2D eigenvalue weighted by molar-refractivity contribution is 7.10. The van der Waals surface area contributed by atoms with Gasteiger partial charge in [0.25, 0.3) is 0 Å². The maximum atomic E-state index is 6.31. The molecule has 1 atom stereocenters. The maximum absolute atomic E-state index is 6.31. The van der Waals surface area contributed by atoms with Gasteiger partial charge in [-0.2, -0.15) is 0 Å². The molecule has 0 bridgehead atoms. The van der Waals surface area contributed by atoms with Gasteiger partial charge in [-0.05, 0) is 47.5 Å². The van der Waals surface area contributed by atoms with E-state index in [-0.39, 0.29) is 6.04 Å². The number of nitrogens with two attached hydrogens (primary N) is 1. The van der Waals surface area contributed by atoms with Crippen molar-refractivity contribution in [1.29, 1.82) is 0 Å². The van der Waals surface area contributed by atoms with Gasteiger partial charge in [-0.25, -0.2) is 0 Å². The van der Waals surface area contributed by atoms with Gasteiger partial charge in [0.1, 0.15) is 0 Å². The molecule has 1 aromatic heterocycles. The first kappa shape index (κ1) is 12.6. The average molecular weight is 266 g/mol. The molecule has 0 aliphatic heterocycles.